The molecule has 0 aliphatic heterocycles. The van der Waals surface area contributed by atoms with E-state index in [4.69, 9.17) is 19.2 Å². The molecule has 0 aliphatic carbocycles. The molecule has 0 rings (SSSR count). The van der Waals surface area contributed by atoms with Crippen molar-refractivity contribution < 1.29 is 69.7 Å². The summed E-state index contributed by atoms with van der Waals surface area (Å²) in [5.41, 5.74) is 0. The van der Waals surface area contributed by atoms with Crippen LogP contribution in [0.2, 0.25) is 0 Å². The zero-order valence-electron chi connectivity index (χ0n) is 16.5. The van der Waals surface area contributed by atoms with Gasteiger partial charge in [-0.1, -0.05) is 90.4 Å². The van der Waals surface area contributed by atoms with Gasteiger partial charge in [-0.15, -0.1) is 0 Å². The summed E-state index contributed by atoms with van der Waals surface area (Å²) in [6.45, 7) is 6.16. The molecule has 0 aromatic heterocycles. The fraction of sp³-hybridized carbons (Fsp3) is 0.938. The monoisotopic (exact) mass is 411 g/mol. The summed E-state index contributed by atoms with van der Waals surface area (Å²) in [5, 5.41) is 0. The predicted molar refractivity (Wildman–Crippen MR) is 91.0 cm³/mol. The quantitative estimate of drug-likeness (QED) is 0.188. The standard InChI is InChI=1S/C16H33.Na.H3O4P.Zn.H/c1-3-5-7-9-11-13-15-16-14-12-10-8-6-4-2;;1-5(2,3)4;;/h1,3-16H2,2H3;;(H3,1,2,3,4);;/q-1;+1;;;-1. The van der Waals surface area contributed by atoms with Crippen molar-refractivity contribution in [3.63, 3.8) is 0 Å². The van der Waals surface area contributed by atoms with Gasteiger partial charge in [-0.05, 0) is 0 Å². The molecule has 0 fully saturated rings. The van der Waals surface area contributed by atoms with Crippen molar-refractivity contribution in [3.05, 3.63) is 6.92 Å². The average Bonchev–Trinajstić information content (AvgIpc) is 2.38. The molecule has 0 bridgehead atoms. The molecular weight excluding hydrogens is 376 g/mol. The minimum Gasteiger partial charge on any atom is -1.00 e. The van der Waals surface area contributed by atoms with Crippen molar-refractivity contribution in [1.82, 2.24) is 0 Å². The van der Waals surface area contributed by atoms with Crippen LogP contribution in [0.5, 0.6) is 0 Å². The van der Waals surface area contributed by atoms with Gasteiger partial charge in [0.05, 0.1) is 0 Å². The predicted octanol–water partition coefficient (Wildman–Crippen LogP) is 2.49. The molecule has 7 heteroatoms. The van der Waals surface area contributed by atoms with E-state index in [2.05, 4.69) is 13.8 Å². The minimum atomic E-state index is -4.64. The Morgan fingerprint density at radius 3 is 1.17 bits per heavy atom. The van der Waals surface area contributed by atoms with E-state index in [0.717, 1.165) is 6.42 Å². The maximum atomic E-state index is 8.88. The van der Waals surface area contributed by atoms with Crippen LogP contribution in [0.3, 0.4) is 0 Å². The Labute approximate surface area is 180 Å². The van der Waals surface area contributed by atoms with Crippen LogP contribution in [0.15, 0.2) is 0 Å². The van der Waals surface area contributed by atoms with Crippen LogP contribution in [-0.2, 0) is 24.0 Å². The van der Waals surface area contributed by atoms with Crippen LogP contribution in [0.25, 0.3) is 0 Å². The molecule has 134 valence electrons. The summed E-state index contributed by atoms with van der Waals surface area (Å²) < 4.78 is 8.88. The van der Waals surface area contributed by atoms with Gasteiger partial charge in [0.1, 0.15) is 0 Å². The number of phosphoric acid groups is 1. The van der Waals surface area contributed by atoms with Crippen molar-refractivity contribution in [2.75, 3.05) is 0 Å². The number of rotatable bonds is 13. The fourth-order valence-corrected chi connectivity index (χ4v) is 2.19. The molecule has 3 N–H and O–H groups in total. The van der Waals surface area contributed by atoms with Crippen LogP contribution < -0.4 is 29.6 Å². The third-order valence-corrected chi connectivity index (χ3v) is 3.35. The second-order valence-corrected chi connectivity index (χ2v) is 6.64. The summed E-state index contributed by atoms with van der Waals surface area (Å²) in [6.07, 6.45) is 19.8. The van der Waals surface area contributed by atoms with Crippen molar-refractivity contribution in [2.45, 2.75) is 96.8 Å². The third kappa shape index (κ3) is 51.6. The fourth-order valence-electron chi connectivity index (χ4n) is 2.19. The molecule has 0 spiro atoms. The van der Waals surface area contributed by atoms with E-state index in [9.17, 15) is 0 Å². The van der Waals surface area contributed by atoms with Crippen LogP contribution >= 0.6 is 7.82 Å². The van der Waals surface area contributed by atoms with Crippen molar-refractivity contribution >= 4 is 7.82 Å². The molecule has 0 unspecified atom stereocenters. The van der Waals surface area contributed by atoms with Gasteiger partial charge in [0.15, 0.2) is 0 Å². The zero-order valence-corrected chi connectivity index (χ0v) is 21.4. The summed E-state index contributed by atoms with van der Waals surface area (Å²) >= 11 is 0. The maximum absolute atomic E-state index is 8.88. The Balaban J connectivity index is -0.000000132. The Morgan fingerprint density at radius 2 is 0.957 bits per heavy atom. The zero-order chi connectivity index (χ0) is 16.4. The molecule has 0 heterocycles. The SMILES string of the molecule is O=P(O)(O)O.[CH2-]CCCCCCCCCCCCCCC.[H-].[Na+].[Zn]. The average molecular weight is 413 g/mol. The number of unbranched alkanes of at least 4 members (excludes halogenated alkanes) is 13. The van der Waals surface area contributed by atoms with Crippen molar-refractivity contribution in [3.8, 4) is 0 Å². The Hall–Kier alpha value is 1.73. The number of hydrogen-bond acceptors (Lipinski definition) is 1. The Morgan fingerprint density at radius 1 is 0.739 bits per heavy atom. The van der Waals surface area contributed by atoms with Crippen molar-refractivity contribution in [2.24, 2.45) is 0 Å². The minimum absolute atomic E-state index is 0. The smallest absolute Gasteiger partial charge is 1.00 e. The van der Waals surface area contributed by atoms with Crippen LogP contribution in [0.1, 0.15) is 98.2 Å². The molecule has 0 radical (unpaired) electrons. The molecule has 0 saturated heterocycles. The maximum Gasteiger partial charge on any atom is 1.00 e. The van der Waals surface area contributed by atoms with E-state index >= 15 is 0 Å². The van der Waals surface area contributed by atoms with Crippen molar-refractivity contribution in [1.29, 1.82) is 0 Å². The molecule has 4 nitrogen and oxygen atoms in total. The first kappa shape index (κ1) is 32.4. The van der Waals surface area contributed by atoms with Gasteiger partial charge in [-0.25, -0.2) is 4.57 Å². The summed E-state index contributed by atoms with van der Waals surface area (Å²) in [7, 11) is -4.64. The van der Waals surface area contributed by atoms with Gasteiger partial charge in [0, 0.05) is 19.5 Å². The van der Waals surface area contributed by atoms with E-state index in [1.807, 2.05) is 0 Å². The van der Waals surface area contributed by atoms with Gasteiger partial charge in [-0.3, -0.25) is 0 Å². The molecule has 0 aliphatic rings. The van der Waals surface area contributed by atoms with E-state index in [-0.39, 0.29) is 50.5 Å². The summed E-state index contributed by atoms with van der Waals surface area (Å²) in [4.78, 5) is 21.6. The van der Waals surface area contributed by atoms with E-state index in [1.54, 1.807) is 0 Å². The Bertz CT molecular complexity index is 224. The van der Waals surface area contributed by atoms with Gasteiger partial charge >= 0.3 is 37.4 Å². The first-order valence-corrected chi connectivity index (χ1v) is 10.1. The van der Waals surface area contributed by atoms with Gasteiger partial charge in [0.25, 0.3) is 0 Å². The largest absolute Gasteiger partial charge is 1.00 e. The third-order valence-electron chi connectivity index (χ3n) is 3.35. The van der Waals surface area contributed by atoms with Gasteiger partial charge in [-0.2, -0.15) is 6.42 Å². The van der Waals surface area contributed by atoms with Gasteiger partial charge < -0.3 is 23.0 Å². The van der Waals surface area contributed by atoms with Crippen LogP contribution in [0, 0.1) is 6.92 Å². The second-order valence-electron chi connectivity index (χ2n) is 5.61. The first-order chi connectivity index (χ1) is 9.91. The topological polar surface area (TPSA) is 77.8 Å². The van der Waals surface area contributed by atoms with E-state index < -0.39 is 7.82 Å². The molecule has 23 heavy (non-hydrogen) atoms. The van der Waals surface area contributed by atoms with E-state index in [0.29, 0.717) is 0 Å². The molecule has 0 aromatic carbocycles. The summed E-state index contributed by atoms with van der Waals surface area (Å²) in [6, 6.07) is 0. The first-order valence-electron chi connectivity index (χ1n) is 8.49. The van der Waals surface area contributed by atoms with E-state index in [1.165, 1.54) is 83.5 Å². The summed E-state index contributed by atoms with van der Waals surface area (Å²) in [5.74, 6) is 0. The molecule has 0 amide bonds. The normalized spacial score (nSPS) is 10.1. The Kier molecular flexibility index (Phi) is 36.6. The molecule has 0 atom stereocenters. The molecule has 0 saturated carbocycles. The molecule has 0 aromatic rings. The van der Waals surface area contributed by atoms with Crippen LogP contribution in [0.4, 0.5) is 0 Å². The van der Waals surface area contributed by atoms with Gasteiger partial charge in [0.2, 0.25) is 0 Å². The van der Waals surface area contributed by atoms with Crippen LogP contribution in [-0.4, -0.2) is 14.7 Å². The second kappa shape index (κ2) is 26.0. The number of hydrogen-bond donors (Lipinski definition) is 3. The molecular formula is C16H37NaO4PZn-.